The van der Waals surface area contributed by atoms with E-state index in [-0.39, 0.29) is 19.6 Å². The maximum atomic E-state index is 11.3. The number of nitrogens with one attached hydrogen (secondary N) is 1. The summed E-state index contributed by atoms with van der Waals surface area (Å²) in [6, 6.07) is 9.20. The van der Waals surface area contributed by atoms with Crippen molar-refractivity contribution >= 4 is 17.8 Å². The Balaban J connectivity index is 2.18. The third-order valence-electron chi connectivity index (χ3n) is 2.25. The van der Waals surface area contributed by atoms with Gasteiger partial charge in [0.15, 0.2) is 0 Å². The minimum absolute atomic E-state index is 0.0293. The van der Waals surface area contributed by atoms with Gasteiger partial charge >= 0.3 is 12.1 Å². The van der Waals surface area contributed by atoms with Crippen LogP contribution in [0.1, 0.15) is 12.0 Å². The number of hydrogen-bond donors (Lipinski definition) is 1. The lowest BCUT2D eigenvalue weighted by Gasteiger charge is -2.06. The minimum atomic E-state index is -0.917. The predicted octanol–water partition coefficient (Wildman–Crippen LogP) is 1.04. The Morgan fingerprint density at radius 1 is 1.16 bits per heavy atom. The molecule has 1 amide bonds. The van der Waals surface area contributed by atoms with E-state index in [1.54, 1.807) is 0 Å². The average Bonchev–Trinajstić information content (AvgIpc) is 2.45. The van der Waals surface area contributed by atoms with Crippen molar-refractivity contribution in [1.82, 2.24) is 5.32 Å². The summed E-state index contributed by atoms with van der Waals surface area (Å²) in [7, 11) is 1.13. The molecule has 0 aliphatic heterocycles. The van der Waals surface area contributed by atoms with Gasteiger partial charge in [-0.1, -0.05) is 30.3 Å². The summed E-state index contributed by atoms with van der Waals surface area (Å²) >= 11 is 0. The lowest BCUT2D eigenvalue weighted by atomic mass is 10.2. The molecule has 0 aliphatic carbocycles. The Morgan fingerprint density at radius 2 is 1.84 bits per heavy atom. The van der Waals surface area contributed by atoms with Crippen molar-refractivity contribution in [2.45, 2.75) is 13.0 Å². The summed E-state index contributed by atoms with van der Waals surface area (Å²) < 4.78 is 9.16. The van der Waals surface area contributed by atoms with E-state index in [0.717, 1.165) is 12.7 Å². The Kier molecular flexibility index (Phi) is 6.08. The molecule has 1 aromatic carbocycles. The van der Waals surface area contributed by atoms with Crippen LogP contribution in [0.3, 0.4) is 0 Å². The van der Waals surface area contributed by atoms with Crippen molar-refractivity contribution in [3.8, 4) is 0 Å². The molecular formula is C13H15NO5. The van der Waals surface area contributed by atoms with Crippen molar-refractivity contribution in [3.63, 3.8) is 0 Å². The van der Waals surface area contributed by atoms with E-state index < -0.39 is 17.8 Å². The normalized spacial score (nSPS) is 9.53. The number of alkyl carbamates (subject to hydrolysis) is 1. The van der Waals surface area contributed by atoms with E-state index in [0.29, 0.717) is 0 Å². The van der Waals surface area contributed by atoms with Crippen LogP contribution >= 0.6 is 0 Å². The molecule has 0 radical (unpaired) electrons. The minimum Gasteiger partial charge on any atom is -0.463 e. The number of Topliss-reactive ketones (excluding diaryl/α,β-unsaturated/α-hetero) is 1. The van der Waals surface area contributed by atoms with Gasteiger partial charge in [0.25, 0.3) is 0 Å². The zero-order chi connectivity index (χ0) is 14.1. The van der Waals surface area contributed by atoms with Gasteiger partial charge in [-0.3, -0.25) is 4.79 Å². The maximum absolute atomic E-state index is 11.3. The van der Waals surface area contributed by atoms with Gasteiger partial charge in [-0.15, -0.1) is 0 Å². The standard InChI is InChI=1S/C13H15NO5/c1-18-12(16)11(15)7-8-14-13(17)19-9-10-5-3-2-4-6-10/h2-6H,7-9H2,1H3,(H,14,17). The van der Waals surface area contributed by atoms with Crippen LogP contribution in [0.4, 0.5) is 4.79 Å². The number of ether oxygens (including phenoxy) is 2. The molecule has 0 saturated heterocycles. The number of rotatable bonds is 6. The first-order valence-electron chi connectivity index (χ1n) is 5.69. The molecule has 6 nitrogen and oxygen atoms in total. The van der Waals surface area contributed by atoms with Gasteiger partial charge in [0.1, 0.15) is 6.61 Å². The summed E-state index contributed by atoms with van der Waals surface area (Å²) in [6.45, 7) is 0.180. The number of amides is 1. The molecule has 0 fully saturated rings. The molecule has 0 saturated carbocycles. The van der Waals surface area contributed by atoms with E-state index >= 15 is 0 Å². The van der Waals surface area contributed by atoms with Crippen molar-refractivity contribution in [3.05, 3.63) is 35.9 Å². The summed E-state index contributed by atoms with van der Waals surface area (Å²) in [5, 5.41) is 2.37. The number of ketones is 1. The molecule has 0 atom stereocenters. The predicted molar refractivity (Wildman–Crippen MR) is 66.3 cm³/mol. The molecule has 1 aromatic rings. The van der Waals surface area contributed by atoms with Crippen molar-refractivity contribution < 1.29 is 23.9 Å². The fourth-order valence-corrected chi connectivity index (χ4v) is 1.27. The summed E-state index contributed by atoms with van der Waals surface area (Å²) in [5.74, 6) is -1.61. The number of hydrogen-bond acceptors (Lipinski definition) is 5. The van der Waals surface area contributed by atoms with E-state index in [4.69, 9.17) is 4.74 Å². The number of benzene rings is 1. The summed E-state index contributed by atoms with van der Waals surface area (Å²) in [6.07, 6.45) is -0.755. The second kappa shape index (κ2) is 7.86. The molecule has 0 unspecified atom stereocenters. The second-order valence-electron chi connectivity index (χ2n) is 3.65. The molecule has 19 heavy (non-hydrogen) atoms. The van der Waals surface area contributed by atoms with E-state index in [1.165, 1.54) is 0 Å². The fraction of sp³-hybridized carbons (Fsp3) is 0.308. The van der Waals surface area contributed by atoms with Crippen LogP contribution < -0.4 is 5.32 Å². The molecule has 102 valence electrons. The van der Waals surface area contributed by atoms with E-state index in [9.17, 15) is 14.4 Å². The molecule has 0 aliphatic rings. The molecule has 1 N–H and O–H groups in total. The summed E-state index contributed by atoms with van der Waals surface area (Å²) in [4.78, 5) is 33.1. The zero-order valence-electron chi connectivity index (χ0n) is 10.5. The molecule has 1 rings (SSSR count). The third kappa shape index (κ3) is 5.67. The first-order chi connectivity index (χ1) is 9.13. The monoisotopic (exact) mass is 265 g/mol. The molecule has 6 heteroatoms. The second-order valence-corrected chi connectivity index (χ2v) is 3.65. The average molecular weight is 265 g/mol. The zero-order valence-corrected chi connectivity index (χ0v) is 10.5. The number of carbonyl (C=O) groups is 3. The van der Waals surface area contributed by atoms with E-state index in [2.05, 4.69) is 10.1 Å². The van der Waals surface area contributed by atoms with Crippen molar-refractivity contribution in [2.75, 3.05) is 13.7 Å². The third-order valence-corrected chi connectivity index (χ3v) is 2.25. The van der Waals surface area contributed by atoms with Crippen LogP contribution in [-0.4, -0.2) is 31.5 Å². The highest BCUT2D eigenvalue weighted by Crippen LogP contribution is 2.00. The molecule has 0 spiro atoms. The maximum Gasteiger partial charge on any atom is 0.407 e. The van der Waals surface area contributed by atoms with Gasteiger partial charge in [0.05, 0.1) is 7.11 Å². The molecule has 0 heterocycles. The highest BCUT2D eigenvalue weighted by atomic mass is 16.5. The van der Waals surface area contributed by atoms with Crippen LogP contribution in [0.25, 0.3) is 0 Å². The van der Waals surface area contributed by atoms with Gasteiger partial charge in [0, 0.05) is 13.0 Å². The topological polar surface area (TPSA) is 81.7 Å². The summed E-state index contributed by atoms with van der Waals surface area (Å²) in [5.41, 5.74) is 0.864. The van der Waals surface area contributed by atoms with Crippen LogP contribution in [-0.2, 0) is 25.7 Å². The van der Waals surface area contributed by atoms with Gasteiger partial charge in [-0.25, -0.2) is 9.59 Å². The Hall–Kier alpha value is -2.37. The van der Waals surface area contributed by atoms with Crippen molar-refractivity contribution in [2.24, 2.45) is 0 Å². The van der Waals surface area contributed by atoms with Gasteiger partial charge in [-0.05, 0) is 5.56 Å². The van der Waals surface area contributed by atoms with Gasteiger partial charge in [-0.2, -0.15) is 0 Å². The van der Waals surface area contributed by atoms with Crippen molar-refractivity contribution in [1.29, 1.82) is 0 Å². The van der Waals surface area contributed by atoms with E-state index in [1.807, 2.05) is 30.3 Å². The highest BCUT2D eigenvalue weighted by molar-refractivity contribution is 6.33. The number of methoxy groups -OCH3 is 1. The Morgan fingerprint density at radius 3 is 2.47 bits per heavy atom. The molecular weight excluding hydrogens is 250 g/mol. The SMILES string of the molecule is COC(=O)C(=O)CCNC(=O)OCc1ccccc1. The van der Waals surface area contributed by atoms with Gasteiger partial charge < -0.3 is 14.8 Å². The Bertz CT molecular complexity index is 444. The van der Waals surface area contributed by atoms with Gasteiger partial charge in [0.2, 0.25) is 5.78 Å². The molecule has 0 bridgehead atoms. The van der Waals surface area contributed by atoms with Crippen LogP contribution in [0, 0.1) is 0 Å². The lowest BCUT2D eigenvalue weighted by Crippen LogP contribution is -2.28. The first kappa shape index (κ1) is 14.7. The Labute approximate surface area is 110 Å². The molecule has 0 aromatic heterocycles. The number of carbonyl (C=O) groups excluding carboxylic acids is 3. The quantitative estimate of drug-likeness (QED) is 0.614. The van der Waals surface area contributed by atoms with Crippen LogP contribution in [0.2, 0.25) is 0 Å². The lowest BCUT2D eigenvalue weighted by molar-refractivity contribution is -0.151. The number of esters is 1. The van der Waals surface area contributed by atoms with Crippen LogP contribution in [0.5, 0.6) is 0 Å². The smallest absolute Gasteiger partial charge is 0.407 e. The highest BCUT2D eigenvalue weighted by Gasteiger charge is 2.13. The fourth-order valence-electron chi connectivity index (χ4n) is 1.27. The first-order valence-corrected chi connectivity index (χ1v) is 5.69. The van der Waals surface area contributed by atoms with Crippen LogP contribution in [0.15, 0.2) is 30.3 Å². The largest absolute Gasteiger partial charge is 0.463 e.